The number of halogens is 3. The first-order chi connectivity index (χ1) is 48.3. The Morgan fingerprint density at radius 1 is 0.610 bits per heavy atom. The van der Waals surface area contributed by atoms with E-state index < -0.39 is 31.4 Å². The van der Waals surface area contributed by atoms with E-state index in [1.807, 2.05) is 118 Å². The number of amides is 1. The van der Waals surface area contributed by atoms with Gasteiger partial charge in [0, 0.05) is 157 Å². The number of thiazole rings is 2. The van der Waals surface area contributed by atoms with Crippen LogP contribution in [0.2, 0.25) is 0 Å². The fourth-order valence-corrected chi connectivity index (χ4v) is 14.2. The van der Waals surface area contributed by atoms with E-state index in [4.69, 9.17) is 31.5 Å². The number of nitrogens with zero attached hydrogens (tertiary/aromatic N) is 19. The lowest BCUT2D eigenvalue weighted by atomic mass is 10.1. The Morgan fingerprint density at radius 3 is 1.36 bits per heavy atom. The van der Waals surface area contributed by atoms with Gasteiger partial charge in [-0.15, -0.1) is 0 Å². The van der Waals surface area contributed by atoms with Gasteiger partial charge in [0.1, 0.15) is 73.9 Å². The number of aryl methyl sites for hydroxylation is 2. The fraction of sp³-hybridized carbons (Fsp3) is 0.371. The summed E-state index contributed by atoms with van der Waals surface area (Å²) in [5, 5.41) is 51.8. The van der Waals surface area contributed by atoms with Gasteiger partial charge in [-0.05, 0) is 106 Å². The first kappa shape index (κ1) is 71.2. The Hall–Kier alpha value is -10.1. The zero-order valence-electron chi connectivity index (χ0n) is 56.4. The number of alkyl halides is 1. The van der Waals surface area contributed by atoms with Crippen LogP contribution in [0.3, 0.4) is 0 Å². The highest BCUT2D eigenvalue weighted by molar-refractivity contribution is 7.17. The second-order valence-electron chi connectivity index (χ2n) is 24.1. The molecule has 4 aliphatic heterocycles. The first-order valence-electron chi connectivity index (χ1n) is 32.8. The number of fused-ring (bicyclic) bond motifs is 2. The number of nitrogens with one attached hydrogen (secondary N) is 1. The molecule has 4 atom stereocenters. The SMILES string of the molecule is C.CCc1nc2ccc(-c3cnc(N4CCN(C(=O)[C@@H]5C[C@@H](O)CN5C)CC4)nc3)cn2c1N(C)c1nc(-c2ccc(F)cc2)c(C#N)s1.CCc1nc2ccc(-c3cnc(N4CCNCC4)nc3)cn2c1N(C)c1nc(-c2ccc(F)cc2)c(C#N)s1.CN1C[C@H](O)C[C@H]1C(=O)O.[2H]CF. The van der Waals surface area contributed by atoms with Gasteiger partial charge in [-0.1, -0.05) is 43.9 Å². The molecule has 2 aromatic carbocycles. The standard InChI is InChI=1S/C34H35FN10O2S.C28H26FN9S.C6H11NO3.CH3F.CH4/c1-4-26-31(42(3)34-40-30(28(16-36)48-34)21-5-8-24(35)9-6-21)45-19-22(7-10-29(45)39-26)23-17-37-33(38-18-23)44-13-11-43(12-14-44)32(47)27-15-25(46)20-41(27)2;1-3-22-26(36(2)28-35-25(23(14-30)39-28)18-4-7-21(29)8-5-18)38-17-19(6-9-24(38)34-22)20-15-32-27(33-16-20)37-12-10-31-11-13-37;1-7-3-4(8)2-5(7)6(9)10;1-2;/h5-10,17-19,25,27,46H,4,11-15,20H2,1-3H3;4-9,15-17,31H,3,10-13H2,1-2H3;4-5,8H,2-3H2,1H3,(H,9,10);1H3;1H4/t25-,27+;;4-,5+;;/m1.1../s1/i;;;1D;. The molecule has 4 fully saturated rings. The molecule has 4 saturated heterocycles. The molecule has 0 aliphatic carbocycles. The topological polar surface area (TPSA) is 289 Å². The molecule has 30 heteroatoms. The molecule has 8 aromatic heterocycles. The summed E-state index contributed by atoms with van der Waals surface area (Å²) in [6.45, 7) is 11.2. The summed E-state index contributed by atoms with van der Waals surface area (Å²) in [5.74, 6) is 1.61. The Labute approximate surface area is 586 Å². The second kappa shape index (κ2) is 32.3. The number of nitriles is 2. The average Bonchev–Trinajstić information content (AvgIpc) is 1.61. The van der Waals surface area contributed by atoms with Crippen LogP contribution in [0.25, 0.3) is 56.1 Å². The lowest BCUT2D eigenvalue weighted by molar-refractivity contribution is -0.141. The van der Waals surface area contributed by atoms with E-state index in [9.17, 15) is 38.4 Å². The van der Waals surface area contributed by atoms with Crippen molar-refractivity contribution in [2.75, 3.05) is 120 Å². The molecule has 0 radical (unpaired) electrons. The molecule has 10 aromatic rings. The molecular formula is C70H79F3N20O5S2. The lowest BCUT2D eigenvalue weighted by Crippen LogP contribution is -2.53. The number of rotatable bonds is 14. The number of aliphatic hydroxyl groups is 2. The number of carboxylic acids is 1. The number of hydrogen-bond acceptors (Lipinski definition) is 23. The molecular weight excluding hydrogens is 1320 g/mol. The Kier molecular flexibility index (Phi) is 23.0. The number of anilines is 6. The van der Waals surface area contributed by atoms with Crippen molar-refractivity contribution in [2.45, 2.75) is 71.2 Å². The van der Waals surface area contributed by atoms with Crippen molar-refractivity contribution < 1.29 is 39.5 Å². The quantitative estimate of drug-likeness (QED) is 0.0789. The molecule has 0 bridgehead atoms. The summed E-state index contributed by atoms with van der Waals surface area (Å²) in [6, 6.07) is 23.7. The van der Waals surface area contributed by atoms with Crippen LogP contribution < -0.4 is 24.9 Å². The maximum atomic E-state index is 13.6. The van der Waals surface area contributed by atoms with Crippen LogP contribution in [0.4, 0.5) is 47.0 Å². The van der Waals surface area contributed by atoms with Crippen molar-refractivity contribution in [3.05, 3.63) is 143 Å². The Bertz CT molecular complexity index is 4570. The van der Waals surface area contributed by atoms with Gasteiger partial charge in [0.2, 0.25) is 17.8 Å². The smallest absolute Gasteiger partial charge is 0.321 e. The highest BCUT2D eigenvalue weighted by atomic mass is 32.1. The Balaban J connectivity index is 0.000000186. The fourth-order valence-electron chi connectivity index (χ4n) is 12.5. The predicted octanol–water partition coefficient (Wildman–Crippen LogP) is 8.99. The number of imidazole rings is 2. The molecule has 14 rings (SSSR count). The van der Waals surface area contributed by atoms with E-state index in [0.29, 0.717) is 107 Å². The highest BCUT2D eigenvalue weighted by Gasteiger charge is 2.38. The normalized spacial score (nSPS) is 17.8. The minimum absolute atomic E-state index is 0. The van der Waals surface area contributed by atoms with Crippen LogP contribution in [0.1, 0.15) is 56.6 Å². The summed E-state index contributed by atoms with van der Waals surface area (Å²) >= 11 is 2.57. The molecule has 4 N–H and O–H groups in total. The van der Waals surface area contributed by atoms with Crippen LogP contribution in [-0.4, -0.2) is 216 Å². The van der Waals surface area contributed by atoms with Gasteiger partial charge in [0.25, 0.3) is 0 Å². The van der Waals surface area contributed by atoms with Crippen molar-refractivity contribution in [3.8, 4) is 56.9 Å². The maximum Gasteiger partial charge on any atom is 0.321 e. The first-order valence-corrected chi connectivity index (χ1v) is 33.8. The second-order valence-corrected chi connectivity index (χ2v) is 26.0. The van der Waals surface area contributed by atoms with Crippen LogP contribution in [0.5, 0.6) is 0 Å². The van der Waals surface area contributed by atoms with Gasteiger partial charge >= 0.3 is 5.97 Å². The number of likely N-dealkylation sites (tertiary alicyclic amines) is 2. The molecule has 4 aliphatic rings. The number of likely N-dealkylation sites (N-methyl/N-ethyl adjacent to an activating group) is 2. The number of carbonyl (C=O) groups excluding carboxylic acids is 1. The van der Waals surface area contributed by atoms with Crippen LogP contribution in [0, 0.1) is 34.3 Å². The summed E-state index contributed by atoms with van der Waals surface area (Å²) in [5.41, 5.74) is 9.45. The van der Waals surface area contributed by atoms with Crippen molar-refractivity contribution in [1.82, 2.24) is 68.7 Å². The van der Waals surface area contributed by atoms with Gasteiger partial charge in [-0.3, -0.25) is 32.6 Å². The zero-order chi connectivity index (χ0) is 70.9. The number of carbonyl (C=O) groups is 2. The molecule has 0 saturated carbocycles. The van der Waals surface area contributed by atoms with E-state index in [0.717, 1.165) is 95.1 Å². The van der Waals surface area contributed by atoms with E-state index >= 15 is 0 Å². The number of benzene rings is 2. The number of piperazine rings is 2. The van der Waals surface area contributed by atoms with E-state index in [2.05, 4.69) is 54.1 Å². The minimum Gasteiger partial charge on any atom is -0.480 e. The highest BCUT2D eigenvalue weighted by Crippen LogP contribution is 2.40. The zero-order valence-corrected chi connectivity index (χ0v) is 57.0. The van der Waals surface area contributed by atoms with Crippen LogP contribution in [-0.2, 0) is 22.4 Å². The summed E-state index contributed by atoms with van der Waals surface area (Å²) in [7, 11) is 6.42. The average molecular weight is 1400 g/mol. The Morgan fingerprint density at radius 2 is 1.00 bits per heavy atom. The number of aliphatic carboxylic acids is 1. The number of pyridine rings is 2. The van der Waals surface area contributed by atoms with Gasteiger partial charge in [-0.25, -0.2) is 48.7 Å². The van der Waals surface area contributed by atoms with Gasteiger partial charge < -0.3 is 45.1 Å². The largest absolute Gasteiger partial charge is 0.480 e. The molecule has 522 valence electrons. The third kappa shape index (κ3) is 15.7. The number of aliphatic hydroxyl groups excluding tert-OH is 2. The van der Waals surface area contributed by atoms with E-state index in [1.54, 1.807) is 36.2 Å². The summed E-state index contributed by atoms with van der Waals surface area (Å²) < 4.78 is 46.6. The number of carboxylic acid groups (broad SMARTS) is 1. The monoisotopic (exact) mass is 1400 g/mol. The molecule has 0 unspecified atom stereocenters. The van der Waals surface area contributed by atoms with Crippen molar-refractivity contribution in [2.24, 2.45) is 0 Å². The lowest BCUT2D eigenvalue weighted by Gasteiger charge is -2.36. The number of hydrogen-bond donors (Lipinski definition) is 4. The van der Waals surface area contributed by atoms with E-state index in [-0.39, 0.29) is 31.0 Å². The molecule has 0 spiro atoms. The summed E-state index contributed by atoms with van der Waals surface area (Å²) in [4.78, 5) is 75.9. The molecule has 12 heterocycles. The minimum atomic E-state index is -1.00. The third-order valence-electron chi connectivity index (χ3n) is 17.7. The molecule has 1 amide bonds. The van der Waals surface area contributed by atoms with Gasteiger partial charge in [0.15, 0.2) is 10.3 Å². The van der Waals surface area contributed by atoms with Crippen LogP contribution in [0.15, 0.2) is 110 Å². The van der Waals surface area contributed by atoms with Gasteiger partial charge in [0.05, 0.1) is 38.2 Å². The van der Waals surface area contributed by atoms with E-state index in [1.165, 1.54) is 46.9 Å². The maximum absolute atomic E-state index is 13.6. The van der Waals surface area contributed by atoms with Crippen molar-refractivity contribution in [3.63, 3.8) is 0 Å². The van der Waals surface area contributed by atoms with Crippen LogP contribution >= 0.6 is 22.7 Å². The summed E-state index contributed by atoms with van der Waals surface area (Å²) in [6.07, 6.45) is 12.7. The predicted molar refractivity (Wildman–Crippen MR) is 381 cm³/mol. The number of aromatic nitrogens is 10. The third-order valence-corrected chi connectivity index (χ3v) is 19.8. The van der Waals surface area contributed by atoms with Crippen molar-refractivity contribution in [1.29, 1.82) is 10.5 Å². The van der Waals surface area contributed by atoms with Crippen molar-refractivity contribution >= 4 is 79.6 Å². The molecule has 25 nitrogen and oxygen atoms in total. The molecule has 100 heavy (non-hydrogen) atoms. The number of β-amino-alcohol motifs (C(OH)–C–C–N with tert-alkyl or cyclic N) is 2. The van der Waals surface area contributed by atoms with Gasteiger partial charge in [-0.2, -0.15) is 10.5 Å².